The molecule has 128 valence electrons. The first-order chi connectivity index (χ1) is 11.3. The number of halogens is 3. The Morgan fingerprint density at radius 2 is 1.83 bits per heavy atom. The summed E-state index contributed by atoms with van der Waals surface area (Å²) in [7, 11) is 0. The summed E-state index contributed by atoms with van der Waals surface area (Å²) >= 11 is 0. The molecule has 0 heterocycles. The maximum absolute atomic E-state index is 14.1. The molecule has 0 aliphatic carbocycles. The third-order valence-electron chi connectivity index (χ3n) is 3.20. The second kappa shape index (κ2) is 7.72. The van der Waals surface area contributed by atoms with Gasteiger partial charge in [-0.25, -0.2) is 4.39 Å². The fourth-order valence-corrected chi connectivity index (χ4v) is 2.11. The number of ether oxygens (including phenoxy) is 2. The number of carbonyl (C=O) groups is 1. The highest BCUT2D eigenvalue weighted by molar-refractivity contribution is 5.65. The summed E-state index contributed by atoms with van der Waals surface area (Å²) in [6, 6.07) is 8.17. The molecule has 0 radical (unpaired) electrons. The maximum atomic E-state index is 14.1. The van der Waals surface area contributed by atoms with E-state index in [9.17, 15) is 23.1 Å². The van der Waals surface area contributed by atoms with E-state index >= 15 is 0 Å². The first-order valence-electron chi connectivity index (χ1n) is 7.02. The van der Waals surface area contributed by atoms with Crippen molar-refractivity contribution >= 4 is 5.97 Å². The van der Waals surface area contributed by atoms with E-state index in [0.717, 1.165) is 0 Å². The molecule has 1 N–H and O–H groups in total. The van der Waals surface area contributed by atoms with Crippen molar-refractivity contribution in [2.75, 3.05) is 0 Å². The lowest BCUT2D eigenvalue weighted by molar-refractivity contribution is -0.142. The first kappa shape index (κ1) is 17.7. The van der Waals surface area contributed by atoms with Crippen LogP contribution in [0.15, 0.2) is 36.4 Å². The van der Waals surface area contributed by atoms with E-state index in [1.807, 2.05) is 0 Å². The molecule has 0 unspecified atom stereocenters. The molecule has 0 amide bonds. The lowest BCUT2D eigenvalue weighted by Crippen LogP contribution is -2.02. The number of esters is 1. The lowest BCUT2D eigenvalue weighted by atomic mass is 10.0. The normalized spacial score (nSPS) is 10.7. The van der Waals surface area contributed by atoms with E-state index in [1.54, 1.807) is 0 Å². The van der Waals surface area contributed by atoms with E-state index in [1.165, 1.54) is 43.3 Å². The van der Waals surface area contributed by atoms with Crippen molar-refractivity contribution in [2.24, 2.45) is 0 Å². The van der Waals surface area contributed by atoms with Crippen LogP contribution in [0.4, 0.5) is 13.2 Å². The number of carbonyl (C=O) groups excluding carboxylic acids is 1. The second-order valence-corrected chi connectivity index (χ2v) is 5.05. The predicted molar refractivity (Wildman–Crippen MR) is 79.4 cm³/mol. The Balaban J connectivity index is 2.13. The van der Waals surface area contributed by atoms with Gasteiger partial charge in [-0.15, -0.1) is 0 Å². The zero-order chi connectivity index (χ0) is 17.7. The third-order valence-corrected chi connectivity index (χ3v) is 3.20. The van der Waals surface area contributed by atoms with Crippen LogP contribution in [0, 0.1) is 5.82 Å². The molecule has 0 aliphatic heterocycles. The molecule has 0 atom stereocenters. The number of hydrogen-bond donors (Lipinski definition) is 1. The van der Waals surface area contributed by atoms with Gasteiger partial charge in [0.15, 0.2) is 0 Å². The van der Waals surface area contributed by atoms with Crippen LogP contribution in [0.2, 0.25) is 0 Å². The Bertz CT molecular complexity index is 691. The van der Waals surface area contributed by atoms with Gasteiger partial charge in [-0.1, -0.05) is 12.1 Å². The molecule has 24 heavy (non-hydrogen) atoms. The number of phenols is 1. The van der Waals surface area contributed by atoms with Gasteiger partial charge in [-0.3, -0.25) is 4.79 Å². The summed E-state index contributed by atoms with van der Waals surface area (Å²) in [5.74, 6) is -1.43. The summed E-state index contributed by atoms with van der Waals surface area (Å²) in [6.07, 6.45) is 0.0699. The Morgan fingerprint density at radius 3 is 2.38 bits per heavy atom. The van der Waals surface area contributed by atoms with Gasteiger partial charge in [0.2, 0.25) is 0 Å². The van der Waals surface area contributed by atoms with Crippen LogP contribution in [0.1, 0.15) is 23.6 Å². The molecule has 0 fully saturated rings. The van der Waals surface area contributed by atoms with Gasteiger partial charge in [0, 0.05) is 18.9 Å². The number of rotatable bonds is 6. The lowest BCUT2D eigenvalue weighted by Gasteiger charge is -2.10. The van der Waals surface area contributed by atoms with Crippen LogP contribution in [0.3, 0.4) is 0 Å². The maximum Gasteiger partial charge on any atom is 0.387 e. The molecular formula is C17H15F3O4. The number of alkyl halides is 2. The Labute approximate surface area is 136 Å². The Morgan fingerprint density at radius 1 is 1.17 bits per heavy atom. The van der Waals surface area contributed by atoms with Crippen molar-refractivity contribution in [3.8, 4) is 11.5 Å². The van der Waals surface area contributed by atoms with Gasteiger partial charge in [0.05, 0.1) is 0 Å². The fourth-order valence-electron chi connectivity index (χ4n) is 2.11. The summed E-state index contributed by atoms with van der Waals surface area (Å²) in [6.45, 7) is -1.83. The van der Waals surface area contributed by atoms with Crippen LogP contribution in [0.25, 0.3) is 0 Å². The van der Waals surface area contributed by atoms with E-state index in [4.69, 9.17) is 4.74 Å². The van der Waals surface area contributed by atoms with E-state index in [0.29, 0.717) is 11.1 Å². The van der Waals surface area contributed by atoms with Gasteiger partial charge in [-0.05, 0) is 35.4 Å². The van der Waals surface area contributed by atoms with Crippen molar-refractivity contribution in [1.82, 2.24) is 0 Å². The molecule has 2 aromatic rings. The summed E-state index contributed by atoms with van der Waals surface area (Å²) < 4.78 is 47.3. The topological polar surface area (TPSA) is 55.8 Å². The minimum atomic E-state index is -2.91. The van der Waals surface area contributed by atoms with Crippen LogP contribution in [-0.2, 0) is 22.6 Å². The van der Waals surface area contributed by atoms with Gasteiger partial charge in [-0.2, -0.15) is 8.78 Å². The highest BCUT2D eigenvalue weighted by Gasteiger charge is 2.12. The van der Waals surface area contributed by atoms with Crippen molar-refractivity contribution < 1.29 is 32.5 Å². The zero-order valence-electron chi connectivity index (χ0n) is 12.8. The van der Waals surface area contributed by atoms with E-state index in [-0.39, 0.29) is 30.1 Å². The van der Waals surface area contributed by atoms with Crippen LogP contribution < -0.4 is 4.74 Å². The molecule has 0 spiro atoms. The molecule has 2 rings (SSSR count). The number of benzene rings is 2. The standard InChI is InChI=1S/C17H15F3O4/c1-10(21)23-9-12-7-15(18)14(16(22)8-12)6-11-2-4-13(5-3-11)24-17(19)20/h2-5,7-8,17,22H,6,9H2,1H3. The van der Waals surface area contributed by atoms with Crippen molar-refractivity contribution in [2.45, 2.75) is 26.6 Å². The van der Waals surface area contributed by atoms with Crippen LogP contribution in [0.5, 0.6) is 11.5 Å². The van der Waals surface area contributed by atoms with Crippen molar-refractivity contribution in [3.05, 3.63) is 58.9 Å². The van der Waals surface area contributed by atoms with Crippen LogP contribution in [-0.4, -0.2) is 17.7 Å². The average Bonchev–Trinajstić information content (AvgIpc) is 2.50. The smallest absolute Gasteiger partial charge is 0.387 e. The highest BCUT2D eigenvalue weighted by atomic mass is 19.3. The fraction of sp³-hybridized carbons (Fsp3) is 0.235. The van der Waals surface area contributed by atoms with Crippen molar-refractivity contribution in [3.63, 3.8) is 0 Å². The number of hydrogen-bond acceptors (Lipinski definition) is 4. The molecule has 0 bridgehead atoms. The van der Waals surface area contributed by atoms with Gasteiger partial charge >= 0.3 is 12.6 Å². The van der Waals surface area contributed by atoms with Gasteiger partial charge in [0.1, 0.15) is 23.9 Å². The molecule has 0 saturated heterocycles. The third kappa shape index (κ3) is 4.91. The molecule has 0 aromatic heterocycles. The summed E-state index contributed by atoms with van der Waals surface area (Å²) in [5.41, 5.74) is 0.993. The van der Waals surface area contributed by atoms with Gasteiger partial charge in [0.25, 0.3) is 0 Å². The largest absolute Gasteiger partial charge is 0.508 e. The van der Waals surface area contributed by atoms with Crippen LogP contribution >= 0.6 is 0 Å². The Hall–Kier alpha value is -2.70. The average molecular weight is 340 g/mol. The molecule has 0 saturated carbocycles. The monoisotopic (exact) mass is 340 g/mol. The van der Waals surface area contributed by atoms with E-state index in [2.05, 4.69) is 4.74 Å². The summed E-state index contributed by atoms with van der Waals surface area (Å²) in [4.78, 5) is 10.8. The highest BCUT2D eigenvalue weighted by Crippen LogP contribution is 2.26. The molecule has 0 aliphatic rings. The quantitative estimate of drug-likeness (QED) is 0.813. The SMILES string of the molecule is CC(=O)OCc1cc(O)c(Cc2ccc(OC(F)F)cc2)c(F)c1. The van der Waals surface area contributed by atoms with E-state index < -0.39 is 18.4 Å². The summed E-state index contributed by atoms with van der Waals surface area (Å²) in [5, 5.41) is 9.97. The zero-order valence-corrected chi connectivity index (χ0v) is 12.8. The van der Waals surface area contributed by atoms with Gasteiger partial charge < -0.3 is 14.6 Å². The number of aromatic hydroxyl groups is 1. The molecule has 4 nitrogen and oxygen atoms in total. The minimum absolute atomic E-state index is 0.00447. The molecular weight excluding hydrogens is 325 g/mol. The number of phenolic OH excluding ortho intramolecular Hbond substituents is 1. The Kier molecular flexibility index (Phi) is 5.68. The first-order valence-corrected chi connectivity index (χ1v) is 7.02. The van der Waals surface area contributed by atoms with Crippen molar-refractivity contribution in [1.29, 1.82) is 0 Å². The predicted octanol–water partition coefficient (Wildman–Crippen LogP) is 3.79. The molecule has 2 aromatic carbocycles. The molecule has 7 heteroatoms. The second-order valence-electron chi connectivity index (χ2n) is 5.05. The minimum Gasteiger partial charge on any atom is -0.508 e.